The van der Waals surface area contributed by atoms with Crippen LogP contribution in [0.4, 0.5) is 10.5 Å². The minimum atomic E-state index is -3.56. The summed E-state index contributed by atoms with van der Waals surface area (Å²) < 4.78 is 32.3. The molecular formula is C17H29N3O4S. The van der Waals surface area contributed by atoms with Gasteiger partial charge in [-0.1, -0.05) is 13.8 Å². The molecule has 0 saturated carbocycles. The Morgan fingerprint density at radius 2 is 1.76 bits per heavy atom. The first kappa shape index (κ1) is 21.4. The summed E-state index contributed by atoms with van der Waals surface area (Å²) >= 11 is 0. The van der Waals surface area contributed by atoms with Gasteiger partial charge in [0.2, 0.25) is 10.0 Å². The summed E-state index contributed by atoms with van der Waals surface area (Å²) in [6.07, 6.45) is 0.738. The summed E-state index contributed by atoms with van der Waals surface area (Å²) in [7, 11) is -3.56. The minimum Gasteiger partial charge on any atom is -0.379 e. The number of amides is 2. The summed E-state index contributed by atoms with van der Waals surface area (Å²) in [6.45, 7) is 9.26. The van der Waals surface area contributed by atoms with Crippen LogP contribution in [-0.4, -0.2) is 40.2 Å². The molecule has 7 nitrogen and oxygen atoms in total. The molecule has 3 N–H and O–H groups in total. The van der Waals surface area contributed by atoms with Crippen molar-refractivity contribution in [2.45, 2.75) is 45.1 Å². The highest BCUT2D eigenvalue weighted by atomic mass is 32.2. The van der Waals surface area contributed by atoms with E-state index in [1.807, 2.05) is 27.7 Å². The van der Waals surface area contributed by atoms with Crippen LogP contribution in [0, 0.1) is 5.92 Å². The number of benzene rings is 1. The Morgan fingerprint density at radius 1 is 1.12 bits per heavy atom. The van der Waals surface area contributed by atoms with Crippen molar-refractivity contribution < 1.29 is 17.9 Å². The molecule has 0 unspecified atom stereocenters. The number of nitrogens with one attached hydrogen (secondary N) is 3. The van der Waals surface area contributed by atoms with Crippen LogP contribution in [0.1, 0.15) is 34.1 Å². The van der Waals surface area contributed by atoms with E-state index in [1.165, 1.54) is 12.1 Å². The van der Waals surface area contributed by atoms with Crippen LogP contribution < -0.4 is 15.4 Å². The van der Waals surface area contributed by atoms with Crippen molar-refractivity contribution in [1.82, 2.24) is 10.0 Å². The van der Waals surface area contributed by atoms with E-state index in [1.54, 1.807) is 12.1 Å². The first-order chi connectivity index (χ1) is 11.7. The van der Waals surface area contributed by atoms with Crippen molar-refractivity contribution in [2.75, 3.05) is 25.0 Å². The van der Waals surface area contributed by atoms with Gasteiger partial charge in [-0.15, -0.1) is 0 Å². The standard InChI is InChI=1S/C17H29N3O4S/c1-13(2)12-18-17(21)20-15-6-8-16(9-7-15)25(22,23)19-10-5-11-24-14(3)4/h6-9,13-14,19H,5,10-12H2,1-4H3,(H2,18,20,21). The molecule has 0 aromatic heterocycles. The molecule has 0 aliphatic heterocycles. The highest BCUT2D eigenvalue weighted by molar-refractivity contribution is 7.89. The number of ether oxygens (including phenoxy) is 1. The van der Waals surface area contributed by atoms with E-state index in [4.69, 9.17) is 4.74 Å². The molecule has 0 fully saturated rings. The van der Waals surface area contributed by atoms with Gasteiger partial charge in [0, 0.05) is 25.4 Å². The predicted molar refractivity (Wildman–Crippen MR) is 99.2 cm³/mol. The van der Waals surface area contributed by atoms with Crippen LogP contribution in [0.2, 0.25) is 0 Å². The molecule has 8 heteroatoms. The number of carbonyl (C=O) groups excluding carboxylic acids is 1. The summed E-state index contributed by atoms with van der Waals surface area (Å²) in [5.74, 6) is 0.357. The largest absolute Gasteiger partial charge is 0.379 e. The molecule has 25 heavy (non-hydrogen) atoms. The zero-order valence-corrected chi connectivity index (χ0v) is 16.2. The van der Waals surface area contributed by atoms with Crippen molar-refractivity contribution in [2.24, 2.45) is 5.92 Å². The molecule has 0 saturated heterocycles. The Balaban J connectivity index is 2.49. The molecule has 1 rings (SSSR count). The van der Waals surface area contributed by atoms with Crippen molar-refractivity contribution in [3.05, 3.63) is 24.3 Å². The van der Waals surface area contributed by atoms with Crippen LogP contribution in [-0.2, 0) is 14.8 Å². The summed E-state index contributed by atoms with van der Waals surface area (Å²) in [4.78, 5) is 11.8. The quantitative estimate of drug-likeness (QED) is 0.551. The molecule has 0 bridgehead atoms. The fourth-order valence-electron chi connectivity index (χ4n) is 1.87. The van der Waals surface area contributed by atoms with Crippen molar-refractivity contribution in [3.8, 4) is 0 Å². The van der Waals surface area contributed by atoms with E-state index in [2.05, 4.69) is 15.4 Å². The zero-order chi connectivity index (χ0) is 18.9. The van der Waals surface area contributed by atoms with Crippen LogP contribution >= 0.6 is 0 Å². The minimum absolute atomic E-state index is 0.134. The Bertz CT molecular complexity index is 628. The van der Waals surface area contributed by atoms with Gasteiger partial charge < -0.3 is 15.4 Å². The third-order valence-corrected chi connectivity index (χ3v) is 4.63. The molecule has 0 aliphatic carbocycles. The molecule has 142 valence electrons. The maximum Gasteiger partial charge on any atom is 0.319 e. The fraction of sp³-hybridized carbons (Fsp3) is 0.588. The van der Waals surface area contributed by atoms with Crippen LogP contribution in [0.5, 0.6) is 0 Å². The lowest BCUT2D eigenvalue weighted by Crippen LogP contribution is -2.31. The van der Waals surface area contributed by atoms with Crippen LogP contribution in [0.25, 0.3) is 0 Å². The lowest BCUT2D eigenvalue weighted by Gasteiger charge is -2.11. The van der Waals surface area contributed by atoms with E-state index in [0.29, 0.717) is 37.7 Å². The maximum absolute atomic E-state index is 12.2. The number of carbonyl (C=O) groups is 1. The third kappa shape index (κ3) is 8.85. The van der Waals surface area contributed by atoms with Gasteiger partial charge in [-0.25, -0.2) is 17.9 Å². The Kier molecular flexibility index (Phi) is 8.88. The number of hydrogen-bond donors (Lipinski definition) is 3. The molecule has 0 atom stereocenters. The number of rotatable bonds is 10. The number of sulfonamides is 1. The van der Waals surface area contributed by atoms with Crippen molar-refractivity contribution >= 4 is 21.7 Å². The topological polar surface area (TPSA) is 96.5 Å². The van der Waals surface area contributed by atoms with Crippen molar-refractivity contribution in [1.29, 1.82) is 0 Å². The van der Waals surface area contributed by atoms with Gasteiger partial charge in [0.1, 0.15) is 0 Å². The molecule has 1 aromatic rings. The van der Waals surface area contributed by atoms with Gasteiger partial charge in [-0.3, -0.25) is 0 Å². The van der Waals surface area contributed by atoms with Gasteiger partial charge in [0.15, 0.2) is 0 Å². The Morgan fingerprint density at radius 3 is 2.32 bits per heavy atom. The molecule has 1 aromatic carbocycles. The second-order valence-electron chi connectivity index (χ2n) is 6.42. The normalized spacial score (nSPS) is 11.8. The second-order valence-corrected chi connectivity index (χ2v) is 8.19. The fourth-order valence-corrected chi connectivity index (χ4v) is 2.94. The van der Waals surface area contributed by atoms with Gasteiger partial charge >= 0.3 is 6.03 Å². The summed E-state index contributed by atoms with van der Waals surface area (Å²) in [5.41, 5.74) is 0.533. The predicted octanol–water partition coefficient (Wildman–Crippen LogP) is 2.56. The molecule has 0 radical (unpaired) electrons. The Hall–Kier alpha value is -1.64. The van der Waals surface area contributed by atoms with Crippen LogP contribution in [0.3, 0.4) is 0 Å². The highest BCUT2D eigenvalue weighted by Crippen LogP contribution is 2.14. The number of anilines is 1. The number of urea groups is 1. The first-order valence-electron chi connectivity index (χ1n) is 8.47. The van der Waals surface area contributed by atoms with E-state index in [9.17, 15) is 13.2 Å². The highest BCUT2D eigenvalue weighted by Gasteiger charge is 2.13. The molecule has 0 heterocycles. The smallest absolute Gasteiger partial charge is 0.319 e. The van der Waals surface area contributed by atoms with Gasteiger partial charge in [0.05, 0.1) is 11.0 Å². The zero-order valence-electron chi connectivity index (χ0n) is 15.3. The lowest BCUT2D eigenvalue weighted by atomic mass is 10.2. The number of hydrogen-bond acceptors (Lipinski definition) is 4. The molecular weight excluding hydrogens is 342 g/mol. The van der Waals surface area contributed by atoms with E-state index in [0.717, 1.165) is 0 Å². The lowest BCUT2D eigenvalue weighted by molar-refractivity contribution is 0.0778. The van der Waals surface area contributed by atoms with E-state index < -0.39 is 10.0 Å². The van der Waals surface area contributed by atoms with Crippen molar-refractivity contribution in [3.63, 3.8) is 0 Å². The summed E-state index contributed by atoms with van der Waals surface area (Å²) in [5, 5.41) is 5.40. The second kappa shape index (κ2) is 10.4. The molecule has 2 amide bonds. The van der Waals surface area contributed by atoms with E-state index in [-0.39, 0.29) is 17.0 Å². The monoisotopic (exact) mass is 371 g/mol. The Labute approximate surface area is 150 Å². The average molecular weight is 372 g/mol. The third-order valence-electron chi connectivity index (χ3n) is 3.16. The SMILES string of the molecule is CC(C)CNC(=O)Nc1ccc(S(=O)(=O)NCCCOC(C)C)cc1. The average Bonchev–Trinajstić information content (AvgIpc) is 2.52. The van der Waals surface area contributed by atoms with Gasteiger partial charge in [-0.2, -0.15) is 0 Å². The maximum atomic E-state index is 12.2. The van der Waals surface area contributed by atoms with Gasteiger partial charge in [-0.05, 0) is 50.5 Å². The molecule has 0 aliphatic rings. The van der Waals surface area contributed by atoms with E-state index >= 15 is 0 Å². The molecule has 0 spiro atoms. The van der Waals surface area contributed by atoms with Crippen LogP contribution in [0.15, 0.2) is 29.2 Å². The van der Waals surface area contributed by atoms with Gasteiger partial charge in [0.25, 0.3) is 0 Å². The summed E-state index contributed by atoms with van der Waals surface area (Å²) in [6, 6.07) is 5.74. The first-order valence-corrected chi connectivity index (χ1v) is 9.95.